The summed E-state index contributed by atoms with van der Waals surface area (Å²) in [5, 5.41) is 18.8. The van der Waals surface area contributed by atoms with E-state index < -0.39 is 34.8 Å². The number of hydrogen-bond acceptors (Lipinski definition) is 6. The molecule has 0 spiro atoms. The van der Waals surface area contributed by atoms with Crippen LogP contribution in [0, 0.1) is 22.5 Å². The number of carbonyl (C=O) groups is 5. The number of hydrogen-bond donors (Lipinski definition) is 6. The summed E-state index contributed by atoms with van der Waals surface area (Å²) in [5.74, 6) is -3.97. The van der Waals surface area contributed by atoms with E-state index in [4.69, 9.17) is 10.8 Å². The van der Waals surface area contributed by atoms with Crippen LogP contribution in [0.2, 0.25) is 0 Å². The molecule has 0 saturated heterocycles. The van der Waals surface area contributed by atoms with Gasteiger partial charge in [0.15, 0.2) is 0 Å². The summed E-state index contributed by atoms with van der Waals surface area (Å²) >= 11 is 0. The molecule has 4 amide bonds. The molecule has 1 aromatic heterocycles. The Morgan fingerprint density at radius 2 is 1.38 bits per heavy atom. The third kappa shape index (κ3) is 15.4. The van der Waals surface area contributed by atoms with Gasteiger partial charge >= 0.3 is 5.97 Å². The first-order chi connectivity index (χ1) is 24.4. The van der Waals surface area contributed by atoms with E-state index >= 15 is 0 Å². The minimum Gasteiger partial charge on any atom is -0.480 e. The van der Waals surface area contributed by atoms with Gasteiger partial charge < -0.3 is 36.7 Å². The van der Waals surface area contributed by atoms with Gasteiger partial charge in [0.25, 0.3) is 0 Å². The second kappa shape index (κ2) is 20.7. The molecule has 0 radical (unpaired) electrons. The Bertz CT molecular complexity index is 1650. The molecule has 0 saturated carbocycles. The predicted molar refractivity (Wildman–Crippen MR) is 195 cm³/mol. The van der Waals surface area contributed by atoms with E-state index in [0.717, 1.165) is 18.2 Å². The van der Waals surface area contributed by atoms with Crippen molar-refractivity contribution in [1.82, 2.24) is 25.8 Å². The fourth-order valence-electron chi connectivity index (χ4n) is 4.72. The third-order valence-corrected chi connectivity index (χ3v) is 7.70. The second-order valence-electron chi connectivity index (χ2n) is 14.0. The lowest BCUT2D eigenvalue weighted by atomic mass is 9.90. The minimum atomic E-state index is -1.63. The number of amides is 4. The van der Waals surface area contributed by atoms with Gasteiger partial charge in [-0.1, -0.05) is 51.1 Å². The summed E-state index contributed by atoms with van der Waals surface area (Å²) in [6, 6.07) is 15.7. The standard InChI is InChI=1S/C22H23F2N.C16H29N5O6/c1-22(2,3)13-19-11-17(20-12-18(23)9-10-21(20)24)15-25(19)14-16-7-5-4-6-8-16;1-16(2,15(26)27)14(25)21-10-13(24)20-9-8-19-12(23)5-4-11(22)18-7-3-6-17/h4-12,15H,13-14H2,1-3H3;3-10,17H2,1-2H3,(H,18,22)(H,19,23)(H,20,24)(H,21,25)(H,26,27). The molecule has 2 aromatic carbocycles. The fraction of sp³-hybridized carbons (Fsp3) is 0.447. The highest BCUT2D eigenvalue weighted by atomic mass is 19.1. The highest BCUT2D eigenvalue weighted by Gasteiger charge is 2.36. The number of nitrogens with zero attached hydrogens (tertiary/aromatic N) is 1. The van der Waals surface area contributed by atoms with Crippen LogP contribution in [0.1, 0.15) is 65.1 Å². The third-order valence-electron chi connectivity index (χ3n) is 7.70. The van der Waals surface area contributed by atoms with Crippen molar-refractivity contribution in [3.63, 3.8) is 0 Å². The number of halogens is 2. The van der Waals surface area contributed by atoms with E-state index in [2.05, 4.69) is 58.7 Å². The molecule has 3 aromatic rings. The van der Waals surface area contributed by atoms with Crippen LogP contribution < -0.4 is 27.0 Å². The topological polar surface area (TPSA) is 185 Å². The molecule has 3 rings (SSSR count). The van der Waals surface area contributed by atoms with Crippen molar-refractivity contribution >= 4 is 29.6 Å². The Labute approximate surface area is 303 Å². The van der Waals surface area contributed by atoms with Gasteiger partial charge in [-0.15, -0.1) is 0 Å². The first-order valence-electron chi connectivity index (χ1n) is 17.1. The molecular formula is C38H52F2N6O6. The number of nitrogens with two attached hydrogens (primary N) is 1. The minimum absolute atomic E-state index is 0.0305. The number of carboxylic acids is 1. The predicted octanol–water partition coefficient (Wildman–Crippen LogP) is 3.76. The number of carbonyl (C=O) groups excluding carboxylic acids is 4. The lowest BCUT2D eigenvalue weighted by Gasteiger charge is -2.19. The number of aromatic nitrogens is 1. The van der Waals surface area contributed by atoms with E-state index in [-0.39, 0.29) is 49.7 Å². The molecule has 0 aliphatic rings. The van der Waals surface area contributed by atoms with Crippen LogP contribution in [0.15, 0.2) is 60.8 Å². The van der Waals surface area contributed by atoms with Gasteiger partial charge in [-0.3, -0.25) is 24.0 Å². The lowest BCUT2D eigenvalue weighted by Crippen LogP contribution is -2.46. The molecule has 0 unspecified atom stereocenters. The molecule has 12 nitrogen and oxygen atoms in total. The molecule has 1 heterocycles. The van der Waals surface area contributed by atoms with Gasteiger partial charge in [-0.25, -0.2) is 8.78 Å². The van der Waals surface area contributed by atoms with E-state index in [1.54, 1.807) is 0 Å². The molecule has 0 fully saturated rings. The van der Waals surface area contributed by atoms with Crippen LogP contribution in [-0.2, 0) is 36.9 Å². The maximum atomic E-state index is 14.2. The van der Waals surface area contributed by atoms with Gasteiger partial charge in [0.1, 0.15) is 17.0 Å². The summed E-state index contributed by atoms with van der Waals surface area (Å²) < 4.78 is 29.9. The number of carboxylic acid groups (broad SMARTS) is 1. The largest absolute Gasteiger partial charge is 0.480 e. The summed E-state index contributed by atoms with van der Waals surface area (Å²) in [4.78, 5) is 57.2. The summed E-state index contributed by atoms with van der Waals surface area (Å²) in [7, 11) is 0. The van der Waals surface area contributed by atoms with Crippen molar-refractivity contribution in [2.45, 2.75) is 66.8 Å². The molecule has 0 aliphatic heterocycles. The Morgan fingerprint density at radius 3 is 1.96 bits per heavy atom. The molecule has 7 N–H and O–H groups in total. The number of aliphatic carboxylic acids is 1. The average Bonchev–Trinajstić information content (AvgIpc) is 3.46. The summed E-state index contributed by atoms with van der Waals surface area (Å²) in [6.45, 7) is 10.6. The highest BCUT2D eigenvalue weighted by molar-refractivity contribution is 6.02. The van der Waals surface area contributed by atoms with Gasteiger partial charge in [0, 0.05) is 62.0 Å². The normalized spacial score (nSPS) is 11.2. The Hall–Kier alpha value is -5.11. The monoisotopic (exact) mass is 726 g/mol. The first kappa shape index (κ1) is 43.1. The Morgan fingerprint density at radius 1 is 0.788 bits per heavy atom. The lowest BCUT2D eigenvalue weighted by molar-refractivity contribution is -0.153. The van der Waals surface area contributed by atoms with E-state index in [0.29, 0.717) is 37.2 Å². The van der Waals surface area contributed by atoms with Gasteiger partial charge in [0.2, 0.25) is 23.6 Å². The number of nitrogens with one attached hydrogen (secondary N) is 4. The second-order valence-corrected chi connectivity index (χ2v) is 14.0. The maximum Gasteiger partial charge on any atom is 0.318 e. The highest BCUT2D eigenvalue weighted by Crippen LogP contribution is 2.30. The molecule has 14 heteroatoms. The zero-order valence-electron chi connectivity index (χ0n) is 30.6. The van der Waals surface area contributed by atoms with Gasteiger partial charge in [-0.05, 0) is 68.5 Å². The van der Waals surface area contributed by atoms with Crippen LogP contribution in [0.4, 0.5) is 8.78 Å². The van der Waals surface area contributed by atoms with Crippen molar-refractivity contribution in [3.05, 3.63) is 83.7 Å². The van der Waals surface area contributed by atoms with Gasteiger partial charge in [0.05, 0.1) is 6.54 Å². The number of rotatable bonds is 17. The average molecular weight is 727 g/mol. The van der Waals surface area contributed by atoms with Crippen molar-refractivity contribution in [2.24, 2.45) is 16.6 Å². The smallest absolute Gasteiger partial charge is 0.318 e. The van der Waals surface area contributed by atoms with Crippen LogP contribution >= 0.6 is 0 Å². The molecule has 0 bridgehead atoms. The van der Waals surface area contributed by atoms with E-state index in [1.807, 2.05) is 30.5 Å². The zero-order valence-corrected chi connectivity index (χ0v) is 30.6. The van der Waals surface area contributed by atoms with Crippen LogP contribution in [0.25, 0.3) is 11.1 Å². The van der Waals surface area contributed by atoms with E-state index in [9.17, 15) is 32.8 Å². The maximum absolute atomic E-state index is 14.2. The summed E-state index contributed by atoms with van der Waals surface area (Å²) in [5.41, 5.74) is 7.09. The molecule has 284 valence electrons. The molecule has 0 atom stereocenters. The SMILES string of the molecule is CC(C)(C(=O)O)C(=O)NCC(=O)NCCNC(=O)CCC(=O)NCCCN.CC(C)(C)Cc1cc(-c2cc(F)ccc2F)cn1Cc1ccccc1. The van der Waals surface area contributed by atoms with Crippen molar-refractivity contribution in [1.29, 1.82) is 0 Å². The van der Waals surface area contributed by atoms with Crippen LogP contribution in [0.3, 0.4) is 0 Å². The van der Waals surface area contributed by atoms with Crippen LogP contribution in [-0.4, -0.2) is 72.0 Å². The van der Waals surface area contributed by atoms with Crippen molar-refractivity contribution < 1.29 is 37.9 Å². The summed E-state index contributed by atoms with van der Waals surface area (Å²) in [6.07, 6.45) is 3.55. The Balaban J connectivity index is 0.000000360. The fourth-order valence-corrected chi connectivity index (χ4v) is 4.72. The van der Waals surface area contributed by atoms with Crippen molar-refractivity contribution in [3.8, 4) is 11.1 Å². The molecular weight excluding hydrogens is 674 g/mol. The van der Waals surface area contributed by atoms with Gasteiger partial charge in [-0.2, -0.15) is 0 Å². The first-order valence-corrected chi connectivity index (χ1v) is 17.1. The quantitative estimate of drug-likeness (QED) is 0.0904. The van der Waals surface area contributed by atoms with Crippen LogP contribution in [0.5, 0.6) is 0 Å². The van der Waals surface area contributed by atoms with Crippen molar-refractivity contribution in [2.75, 3.05) is 32.7 Å². The molecule has 0 aliphatic carbocycles. The zero-order chi connectivity index (χ0) is 38.9. The number of benzene rings is 2. The Kier molecular flexibility index (Phi) is 17.1. The van der Waals surface area contributed by atoms with E-state index in [1.165, 1.54) is 31.5 Å². The molecule has 52 heavy (non-hydrogen) atoms.